The van der Waals surface area contributed by atoms with Crippen LogP contribution in [0.1, 0.15) is 271 Å². The number of nitrogens with zero attached hydrogens (tertiary/aromatic N) is 4. The molecule has 6 aromatic carbocycles. The van der Waals surface area contributed by atoms with Gasteiger partial charge in [-0.25, -0.2) is 0 Å². The van der Waals surface area contributed by atoms with Crippen LogP contribution in [0.4, 0.5) is 57.9 Å². The number of anilines is 4. The van der Waals surface area contributed by atoms with E-state index in [0.717, 1.165) is 37.8 Å². The van der Waals surface area contributed by atoms with Crippen molar-refractivity contribution in [3.05, 3.63) is 219 Å². The van der Waals surface area contributed by atoms with Crippen molar-refractivity contribution in [1.82, 2.24) is 0 Å². The van der Waals surface area contributed by atoms with Crippen LogP contribution in [-0.4, -0.2) is 69.4 Å². The molecule has 0 N–H and O–H groups in total. The van der Waals surface area contributed by atoms with E-state index >= 15 is 0 Å². The minimum absolute atomic E-state index is 0.0465. The number of halogens is 12. The molecule has 4 nitrogen and oxygen atoms in total. The molecule has 0 unspecified atom stereocenters. The van der Waals surface area contributed by atoms with E-state index in [9.17, 15) is 35.1 Å². The van der Waals surface area contributed by atoms with Crippen molar-refractivity contribution in [1.29, 1.82) is 0 Å². The van der Waals surface area contributed by atoms with Crippen LogP contribution >= 0.6 is 54.6 Å². The van der Waals surface area contributed by atoms with E-state index in [2.05, 4.69) is 165 Å². The summed E-state index contributed by atoms with van der Waals surface area (Å²) in [5.41, 5.74) is 30.7. The van der Waals surface area contributed by atoms with Gasteiger partial charge in [-0.05, 0) is 287 Å². The maximum atomic E-state index is 11.6. The second-order valence-corrected chi connectivity index (χ2v) is 51.6. The molecule has 0 spiro atoms. The third-order valence-corrected chi connectivity index (χ3v) is 36.9. The molecule has 8 aliphatic rings. The first kappa shape index (κ1) is 99.5. The normalized spacial score (nSPS) is 18.0. The monoisotopic (exact) mass is 1900 g/mol. The van der Waals surface area contributed by atoms with E-state index in [1.54, 1.807) is 223 Å². The fraction of sp³-hybridized carbons (Fsp3) is 0.542. The molecule has 6 saturated carbocycles. The van der Waals surface area contributed by atoms with Gasteiger partial charge in [-0.15, -0.1) is 0 Å². The van der Waals surface area contributed by atoms with Crippen molar-refractivity contribution in [3.63, 3.8) is 0 Å². The quantitative estimate of drug-likeness (QED) is 0.0524. The summed E-state index contributed by atoms with van der Waals surface area (Å²) in [6, 6.07) is 36.6. The summed E-state index contributed by atoms with van der Waals surface area (Å²) in [6.45, 7) is 35.1. The van der Waals surface area contributed by atoms with Gasteiger partial charge >= 0.3 is 132 Å². The van der Waals surface area contributed by atoms with Gasteiger partial charge in [-0.3, -0.25) is 0 Å². The summed E-state index contributed by atoms with van der Waals surface area (Å²) in [5.74, 6) is 0. The molecule has 6 aliphatic carbocycles. The Bertz CT molecular complexity index is 3450. The topological polar surface area (TPSA) is 13.0 Å². The van der Waals surface area contributed by atoms with E-state index in [0.29, 0.717) is 5.56 Å². The van der Waals surface area contributed by atoms with Crippen LogP contribution in [0, 0.1) is 96.4 Å². The molecular weight excluding hydrogens is 1770 g/mol. The van der Waals surface area contributed by atoms with E-state index in [1.807, 2.05) is 34.9 Å². The van der Waals surface area contributed by atoms with Gasteiger partial charge in [0.25, 0.3) is 6.08 Å². The molecule has 0 amide bonds. The van der Waals surface area contributed by atoms with Crippen LogP contribution in [0.25, 0.3) is 6.08 Å². The van der Waals surface area contributed by atoms with E-state index in [-0.39, 0.29) is 15.8 Å². The molecule has 0 bridgehead atoms. The summed E-state index contributed by atoms with van der Waals surface area (Å²) in [7, 11) is 20.7. The molecular formula is C96H134Cl4F8N4P2Ru2. The molecule has 6 aromatic rings. The zero-order chi connectivity index (χ0) is 84.4. The molecule has 8 fully saturated rings. The Kier molecular flexibility index (Phi) is 45.3. The molecule has 116 heavy (non-hydrogen) atoms. The van der Waals surface area contributed by atoms with Gasteiger partial charge in [-0.2, -0.15) is 39.7 Å². The Labute approximate surface area is 723 Å². The second kappa shape index (κ2) is 52.8. The molecule has 2 heterocycles. The first-order valence-corrected chi connectivity index (χ1v) is 57.1. The average molecular weight is 1900 g/mol. The number of hydrogen-bond acceptors (Lipinski definition) is 4. The van der Waals surface area contributed by atoms with Crippen LogP contribution in [-0.2, 0) is 27.0 Å². The van der Waals surface area contributed by atoms with Crippen LogP contribution in [0.2, 0.25) is 0 Å². The standard InChI is InChI=1S/2C21H27N2.2C18H33P.C8H6F2.C7H6.C2F4.CF2.4ClH.2Ru/c2*1-14-9-16(3)20(17(4)10-14)22-7-8-23(13-22)21-18(5)11-15(2)12-19(21)6;2*1-4-10-16(11-5-1)19(17-12-6-2-7-13-17)18-14-8-3-9-15-18;9-8(10)6-7-4-2-1-3-5-7;1-7-5-3-2-4-6-7;3-1(4)2(5)6;2-1-3;;;;;;/h2*9-13H,7-8H2,1-6H3;2*16-18H,1-15H2;1-6H;1-6H;;;4*1H;;/q2*-1;;;;;;;;;;;2*+2/p-2. The number of rotatable bonds is 12. The molecule has 0 aromatic heterocycles. The number of hydrogen-bond donors (Lipinski definition) is 0. The van der Waals surface area contributed by atoms with Gasteiger partial charge < -0.3 is 19.6 Å². The van der Waals surface area contributed by atoms with Gasteiger partial charge in [0.1, 0.15) is 0 Å². The molecule has 648 valence electrons. The van der Waals surface area contributed by atoms with Crippen LogP contribution in [0.15, 0.2) is 127 Å². The zero-order valence-corrected chi connectivity index (χ0v) is 79.7. The fourth-order valence-electron chi connectivity index (χ4n) is 20.1. The van der Waals surface area contributed by atoms with E-state index < -0.39 is 49.9 Å². The average Bonchev–Trinajstić information content (AvgIpc) is 1.61. The first-order chi connectivity index (χ1) is 55.5. The third-order valence-electron chi connectivity index (χ3n) is 24.2. The van der Waals surface area contributed by atoms with Gasteiger partial charge in [0, 0.05) is 70.8 Å². The van der Waals surface area contributed by atoms with Crippen molar-refractivity contribution in [2.45, 2.75) is 310 Å². The van der Waals surface area contributed by atoms with Crippen molar-refractivity contribution < 1.29 is 62.2 Å². The molecule has 0 radical (unpaired) electrons. The molecule has 2 saturated heterocycles. The van der Waals surface area contributed by atoms with Crippen molar-refractivity contribution in [2.75, 3.05) is 45.8 Å². The van der Waals surface area contributed by atoms with E-state index in [4.69, 9.17) is 38.8 Å². The summed E-state index contributed by atoms with van der Waals surface area (Å²) in [6.07, 6.45) is 40.9. The van der Waals surface area contributed by atoms with E-state index in [1.165, 1.54) is 123 Å². The summed E-state index contributed by atoms with van der Waals surface area (Å²) in [5, 5.41) is 0. The van der Waals surface area contributed by atoms with Gasteiger partial charge in [0.15, 0.2) is 0 Å². The predicted octanol–water partition coefficient (Wildman–Crippen LogP) is 32.0. The zero-order valence-electron chi connectivity index (χ0n) is 71.2. The third kappa shape index (κ3) is 33.6. The first-order valence-electron chi connectivity index (χ1n) is 42.8. The maximum absolute atomic E-state index is 11.6. The molecule has 14 rings (SSSR count). The summed E-state index contributed by atoms with van der Waals surface area (Å²) >= 11 is -4.37. The molecule has 20 heteroatoms. The Hall–Kier alpha value is -3.55. The van der Waals surface area contributed by atoms with Gasteiger partial charge in [-0.1, -0.05) is 140 Å². The summed E-state index contributed by atoms with van der Waals surface area (Å²) < 4.78 is 86.2. The number of benzene rings is 6. The van der Waals surface area contributed by atoms with Gasteiger partial charge in [0.05, 0.1) is 34.0 Å². The second-order valence-electron chi connectivity index (χ2n) is 33.5. The molecule has 0 atom stereocenters. The fourth-order valence-corrected chi connectivity index (χ4v) is 32.4. The Morgan fingerprint density at radius 3 is 0.690 bits per heavy atom. The predicted molar refractivity (Wildman–Crippen MR) is 489 cm³/mol. The Balaban J connectivity index is 0.000000191. The van der Waals surface area contributed by atoms with Crippen LogP contribution in [0.3, 0.4) is 0 Å². The minimum atomic E-state index is -2.91. The SMILES string of the molecule is C1CCC([PH+](C2CCCCC2)C2CCCCC2)CC1.C1CCC([PH+](C2CCCCC2)C2CCCCC2)CC1.Cc1cc(C)c(N2[CH-]N(c3c(C)cc(C)cc3C)CC2)c(C)c1.Cc1cc(C)c(N2[CH-]N(c3c(C)cc(C)cc3C)CC2)c(C)c1.FC(F)=C(F)F.FC(F)=Cc1ccccc1.F[C](F)=[Ru]([Cl])[Cl].[Cl][Ru]([Cl])=[CH]c1ccccc1. The summed E-state index contributed by atoms with van der Waals surface area (Å²) in [4.78, 5) is 9.62. The Morgan fingerprint density at radius 1 is 0.319 bits per heavy atom. The van der Waals surface area contributed by atoms with Crippen molar-refractivity contribution in [3.8, 4) is 0 Å². The molecule has 2 aliphatic heterocycles. The van der Waals surface area contributed by atoms with Crippen molar-refractivity contribution in [2.24, 2.45) is 0 Å². The van der Waals surface area contributed by atoms with Crippen LogP contribution < -0.4 is 19.6 Å². The number of aryl methyl sites for hydroxylation is 12. The van der Waals surface area contributed by atoms with Crippen LogP contribution in [0.5, 0.6) is 0 Å². The van der Waals surface area contributed by atoms with Gasteiger partial charge in [0.2, 0.25) is 0 Å². The van der Waals surface area contributed by atoms with Crippen molar-refractivity contribution >= 4 is 92.7 Å². The Morgan fingerprint density at radius 2 is 0.517 bits per heavy atom.